The minimum Gasteiger partial charge on any atom is -0.273 e. The standard InChI is InChI=1S/C19H15BrN2O3/c1-11-3-5-13(6-4-11)10-15-17(23)21-19(25)22(18(15)24)14-7-8-16(20)12(2)9-14/h3-10H,1-2H3,(H,21,23,25)/b15-10+. The zero-order valence-corrected chi connectivity index (χ0v) is 15.3. The molecule has 3 rings (SSSR count). The molecule has 4 amide bonds. The van der Waals surface area contributed by atoms with Crippen molar-refractivity contribution in [2.75, 3.05) is 4.90 Å². The predicted octanol–water partition coefficient (Wildman–Crippen LogP) is 3.73. The largest absolute Gasteiger partial charge is 0.335 e. The number of nitrogens with one attached hydrogen (secondary N) is 1. The van der Waals surface area contributed by atoms with E-state index in [9.17, 15) is 14.4 Å². The minimum absolute atomic E-state index is 0.0796. The number of carbonyl (C=O) groups is 3. The molecule has 1 saturated heterocycles. The lowest BCUT2D eigenvalue weighted by atomic mass is 10.1. The van der Waals surface area contributed by atoms with Crippen LogP contribution in [-0.2, 0) is 9.59 Å². The van der Waals surface area contributed by atoms with E-state index >= 15 is 0 Å². The Morgan fingerprint density at radius 1 is 1.00 bits per heavy atom. The summed E-state index contributed by atoms with van der Waals surface area (Å²) in [6, 6.07) is 11.8. The molecule has 25 heavy (non-hydrogen) atoms. The number of aryl methyl sites for hydroxylation is 2. The second kappa shape index (κ2) is 6.64. The fourth-order valence-corrected chi connectivity index (χ4v) is 2.74. The Kier molecular flexibility index (Phi) is 4.55. The molecule has 0 aromatic heterocycles. The van der Waals surface area contributed by atoms with Gasteiger partial charge in [0.15, 0.2) is 0 Å². The van der Waals surface area contributed by atoms with Crippen molar-refractivity contribution < 1.29 is 14.4 Å². The molecule has 1 fully saturated rings. The van der Waals surface area contributed by atoms with Crippen LogP contribution >= 0.6 is 15.9 Å². The van der Waals surface area contributed by atoms with Crippen LogP contribution in [0.4, 0.5) is 10.5 Å². The Morgan fingerprint density at radius 2 is 1.68 bits per heavy atom. The van der Waals surface area contributed by atoms with E-state index in [-0.39, 0.29) is 5.57 Å². The number of rotatable bonds is 2. The van der Waals surface area contributed by atoms with Crippen molar-refractivity contribution >= 4 is 45.5 Å². The number of hydrogen-bond acceptors (Lipinski definition) is 3. The molecule has 1 N–H and O–H groups in total. The highest BCUT2D eigenvalue weighted by Gasteiger charge is 2.36. The molecule has 0 unspecified atom stereocenters. The van der Waals surface area contributed by atoms with Gasteiger partial charge in [-0.2, -0.15) is 0 Å². The zero-order valence-electron chi connectivity index (χ0n) is 13.7. The monoisotopic (exact) mass is 398 g/mol. The van der Waals surface area contributed by atoms with Gasteiger partial charge in [-0.25, -0.2) is 9.69 Å². The van der Waals surface area contributed by atoms with Crippen molar-refractivity contribution in [1.82, 2.24) is 5.32 Å². The molecule has 0 radical (unpaired) electrons. The highest BCUT2D eigenvalue weighted by Crippen LogP contribution is 2.26. The predicted molar refractivity (Wildman–Crippen MR) is 99.1 cm³/mol. The fraction of sp³-hybridized carbons (Fsp3) is 0.105. The summed E-state index contributed by atoms with van der Waals surface area (Å²) in [4.78, 5) is 38.1. The summed E-state index contributed by atoms with van der Waals surface area (Å²) in [5.41, 5.74) is 2.99. The van der Waals surface area contributed by atoms with Gasteiger partial charge in [0.05, 0.1) is 5.69 Å². The van der Waals surface area contributed by atoms with Crippen LogP contribution in [0.2, 0.25) is 0 Å². The summed E-state index contributed by atoms with van der Waals surface area (Å²) in [5.74, 6) is -1.34. The molecule has 2 aromatic carbocycles. The molecule has 0 saturated carbocycles. The molecule has 1 aliphatic rings. The van der Waals surface area contributed by atoms with Crippen LogP contribution in [0.3, 0.4) is 0 Å². The molecule has 5 nitrogen and oxygen atoms in total. The maximum Gasteiger partial charge on any atom is 0.335 e. The topological polar surface area (TPSA) is 66.5 Å². The van der Waals surface area contributed by atoms with E-state index in [1.165, 1.54) is 6.08 Å². The van der Waals surface area contributed by atoms with Gasteiger partial charge in [0.1, 0.15) is 5.57 Å². The third kappa shape index (κ3) is 3.39. The van der Waals surface area contributed by atoms with Crippen LogP contribution in [-0.4, -0.2) is 17.8 Å². The third-order valence-electron chi connectivity index (χ3n) is 3.89. The first-order chi connectivity index (χ1) is 11.9. The Labute approximate surface area is 153 Å². The van der Waals surface area contributed by atoms with Crippen molar-refractivity contribution in [3.63, 3.8) is 0 Å². The minimum atomic E-state index is -0.752. The summed E-state index contributed by atoms with van der Waals surface area (Å²) < 4.78 is 0.868. The number of benzene rings is 2. The second-order valence-electron chi connectivity index (χ2n) is 5.80. The molecular formula is C19H15BrN2O3. The van der Waals surface area contributed by atoms with E-state index in [0.29, 0.717) is 11.3 Å². The van der Waals surface area contributed by atoms with E-state index < -0.39 is 17.8 Å². The third-order valence-corrected chi connectivity index (χ3v) is 4.78. The molecule has 0 spiro atoms. The van der Waals surface area contributed by atoms with Crippen LogP contribution < -0.4 is 10.2 Å². The number of imide groups is 2. The van der Waals surface area contributed by atoms with Crippen molar-refractivity contribution in [1.29, 1.82) is 0 Å². The van der Waals surface area contributed by atoms with Gasteiger partial charge in [-0.05, 0) is 49.2 Å². The van der Waals surface area contributed by atoms with Crippen molar-refractivity contribution in [3.05, 3.63) is 69.2 Å². The Bertz CT molecular complexity index is 917. The maximum atomic E-state index is 12.8. The normalized spacial score (nSPS) is 16.4. The van der Waals surface area contributed by atoms with Gasteiger partial charge in [-0.15, -0.1) is 0 Å². The number of anilines is 1. The number of nitrogens with zero attached hydrogens (tertiary/aromatic N) is 1. The molecule has 1 heterocycles. The maximum absolute atomic E-state index is 12.8. The molecule has 0 atom stereocenters. The van der Waals surface area contributed by atoms with Crippen molar-refractivity contribution in [2.24, 2.45) is 0 Å². The van der Waals surface area contributed by atoms with Gasteiger partial charge in [-0.3, -0.25) is 14.9 Å². The summed E-state index contributed by atoms with van der Waals surface area (Å²) in [6.07, 6.45) is 1.49. The van der Waals surface area contributed by atoms with E-state index in [1.54, 1.807) is 18.2 Å². The molecule has 2 aromatic rings. The number of barbiturate groups is 1. The smallest absolute Gasteiger partial charge is 0.273 e. The molecule has 0 aliphatic carbocycles. The lowest BCUT2D eigenvalue weighted by Crippen LogP contribution is -2.54. The van der Waals surface area contributed by atoms with E-state index in [0.717, 1.165) is 20.5 Å². The first-order valence-electron chi connectivity index (χ1n) is 7.61. The van der Waals surface area contributed by atoms with Crippen LogP contribution in [0.1, 0.15) is 16.7 Å². The number of halogens is 1. The summed E-state index contributed by atoms with van der Waals surface area (Å²) >= 11 is 3.39. The fourth-order valence-electron chi connectivity index (χ4n) is 2.49. The van der Waals surface area contributed by atoms with E-state index in [4.69, 9.17) is 0 Å². The lowest BCUT2D eigenvalue weighted by Gasteiger charge is -2.26. The number of amides is 4. The van der Waals surface area contributed by atoms with Gasteiger partial charge in [0.2, 0.25) is 0 Å². The number of urea groups is 1. The summed E-state index contributed by atoms with van der Waals surface area (Å²) in [6.45, 7) is 3.81. The highest BCUT2D eigenvalue weighted by molar-refractivity contribution is 9.10. The van der Waals surface area contributed by atoms with Gasteiger partial charge in [0.25, 0.3) is 11.8 Å². The van der Waals surface area contributed by atoms with E-state index in [1.807, 2.05) is 38.1 Å². The quantitative estimate of drug-likeness (QED) is 0.618. The van der Waals surface area contributed by atoms with E-state index in [2.05, 4.69) is 21.2 Å². The highest BCUT2D eigenvalue weighted by atomic mass is 79.9. The van der Waals surface area contributed by atoms with Crippen molar-refractivity contribution in [2.45, 2.75) is 13.8 Å². The lowest BCUT2D eigenvalue weighted by molar-refractivity contribution is -0.122. The summed E-state index contributed by atoms with van der Waals surface area (Å²) in [5, 5.41) is 2.22. The van der Waals surface area contributed by atoms with Gasteiger partial charge in [-0.1, -0.05) is 45.8 Å². The molecular weight excluding hydrogens is 384 g/mol. The van der Waals surface area contributed by atoms with Crippen LogP contribution in [0, 0.1) is 13.8 Å². The zero-order chi connectivity index (χ0) is 18.1. The van der Waals surface area contributed by atoms with Gasteiger partial charge >= 0.3 is 6.03 Å². The Morgan fingerprint density at radius 3 is 2.32 bits per heavy atom. The average Bonchev–Trinajstić information content (AvgIpc) is 2.56. The van der Waals surface area contributed by atoms with Crippen LogP contribution in [0.5, 0.6) is 0 Å². The Hall–Kier alpha value is -2.73. The molecule has 1 aliphatic heterocycles. The van der Waals surface area contributed by atoms with Gasteiger partial charge in [0, 0.05) is 4.47 Å². The summed E-state index contributed by atoms with van der Waals surface area (Å²) in [7, 11) is 0. The SMILES string of the molecule is Cc1ccc(/C=C2\C(=O)NC(=O)N(c3ccc(Br)c(C)c3)C2=O)cc1. The molecule has 0 bridgehead atoms. The first kappa shape index (κ1) is 17.1. The molecule has 6 heteroatoms. The average molecular weight is 399 g/mol. The van der Waals surface area contributed by atoms with Crippen LogP contribution in [0.25, 0.3) is 6.08 Å². The number of carbonyl (C=O) groups excluding carboxylic acids is 3. The second-order valence-corrected chi connectivity index (χ2v) is 6.66. The molecule has 126 valence electrons. The van der Waals surface area contributed by atoms with Crippen molar-refractivity contribution in [3.8, 4) is 0 Å². The van der Waals surface area contributed by atoms with Crippen LogP contribution in [0.15, 0.2) is 52.5 Å². The first-order valence-corrected chi connectivity index (χ1v) is 8.40. The van der Waals surface area contributed by atoms with Gasteiger partial charge < -0.3 is 0 Å². The number of hydrogen-bond donors (Lipinski definition) is 1. The Balaban J connectivity index is 2.02.